The molecule has 15 rings (SSSR count). The van der Waals surface area contributed by atoms with E-state index in [-0.39, 0.29) is 36.4 Å². The van der Waals surface area contributed by atoms with E-state index in [4.69, 9.17) is 40.8 Å². The molecule has 12 aromatic rings. The van der Waals surface area contributed by atoms with E-state index in [1.165, 1.54) is 31.7 Å². The number of ether oxygens (including phenoxy) is 3. The topological polar surface area (TPSA) is 325 Å². The summed E-state index contributed by atoms with van der Waals surface area (Å²) in [6.45, 7) is 10.6. The molecule has 9 heterocycles. The van der Waals surface area contributed by atoms with Crippen molar-refractivity contribution in [3.05, 3.63) is 215 Å². The highest BCUT2D eigenvalue weighted by atomic mass is 35.5. The van der Waals surface area contributed by atoms with Crippen molar-refractivity contribution in [3.8, 4) is 35.8 Å². The molecule has 0 aliphatic carbocycles. The van der Waals surface area contributed by atoms with Gasteiger partial charge in [0.15, 0.2) is 0 Å². The average molecular weight is 1550 g/mol. The summed E-state index contributed by atoms with van der Waals surface area (Å²) in [5.74, 6) is 1.51. The van der Waals surface area contributed by atoms with Gasteiger partial charge in [-0.2, -0.15) is 15.8 Å². The fourth-order valence-electron chi connectivity index (χ4n) is 14.2. The fourth-order valence-corrected chi connectivity index (χ4v) is 17.1. The number of para-hydroxylation sites is 3. The van der Waals surface area contributed by atoms with Crippen LogP contribution in [0.15, 0.2) is 170 Å². The molecule has 0 radical (unpaired) electrons. The summed E-state index contributed by atoms with van der Waals surface area (Å²) in [6.07, 6.45) is 11.6. The normalized spacial score (nSPS) is 16.0. The summed E-state index contributed by atoms with van der Waals surface area (Å²) >= 11 is 6.56. The van der Waals surface area contributed by atoms with Crippen LogP contribution in [-0.2, 0) is 30.1 Å². The first-order valence-electron chi connectivity index (χ1n) is 36.2. The maximum absolute atomic E-state index is 11.9. The summed E-state index contributed by atoms with van der Waals surface area (Å²) in [5.41, 5.74) is 9.29. The Morgan fingerprint density at radius 1 is 0.418 bits per heavy atom. The van der Waals surface area contributed by atoms with Crippen LogP contribution in [0.2, 0.25) is 5.02 Å². The predicted molar refractivity (Wildman–Crippen MR) is 431 cm³/mol. The number of rotatable bonds is 18. The molecule has 0 amide bonds. The second kappa shape index (κ2) is 33.1. The van der Waals surface area contributed by atoms with Crippen LogP contribution in [-0.4, -0.2) is 144 Å². The molecule has 3 N–H and O–H groups in total. The number of nitriles is 3. The van der Waals surface area contributed by atoms with Gasteiger partial charge < -0.3 is 30.2 Å². The Bertz CT molecular complexity index is 5740. The van der Waals surface area contributed by atoms with Gasteiger partial charge in [0, 0.05) is 84.8 Å². The Morgan fingerprint density at radius 3 is 1.11 bits per heavy atom. The molecule has 6 aromatic heterocycles. The number of aryl methyl sites for hydroxylation is 1. The molecule has 3 aliphatic heterocycles. The molecule has 0 spiro atoms. The van der Waals surface area contributed by atoms with Gasteiger partial charge in [-0.3, -0.25) is 15.0 Å². The number of aromatic nitrogens is 6. The number of nitrogens with one attached hydrogen (secondary N) is 3. The highest BCUT2D eigenvalue weighted by Crippen LogP contribution is 2.40. The van der Waals surface area contributed by atoms with Gasteiger partial charge >= 0.3 is 0 Å². The minimum Gasteiger partial charge on any atom is -0.474 e. The van der Waals surface area contributed by atoms with E-state index in [0.717, 1.165) is 99.0 Å². The average Bonchev–Trinajstić information content (AvgIpc) is 0.775. The number of pyridine rings is 6. The molecule has 6 aromatic carbocycles. The molecule has 564 valence electrons. The summed E-state index contributed by atoms with van der Waals surface area (Å²) in [6, 6.07) is 54.8. The Kier molecular flexibility index (Phi) is 23.2. The molecule has 28 heteroatoms. The maximum Gasteiger partial charge on any atom is 0.223 e. The first-order chi connectivity index (χ1) is 52.8. The van der Waals surface area contributed by atoms with Crippen molar-refractivity contribution >= 4 is 124 Å². The van der Waals surface area contributed by atoms with Gasteiger partial charge in [0.2, 0.25) is 47.7 Å². The SMILES string of the molecule is C[C@H](Nc1c(C#N)cnc2ccccc12)c1cc2cccc(Cl)c2c(OC2CCN(S(C)(=O)=O)CC2)n1.C[C@H](Nc1c(C#N)cnc2ccccc12)c1cc2ccccc2c(OC2CCN(S(C)(=O)=O)CC2)n1.Cc1cccc2cc([C@H](C)Nc3c(C#N)cnc4ccccc34)nc(OC3CCN(S(C)(=O)=O)CC3)c12. The number of fused-ring (bicyclic) bond motifs is 6. The van der Waals surface area contributed by atoms with Gasteiger partial charge in [-0.15, -0.1) is 0 Å². The number of nitrogens with zero attached hydrogens (tertiary/aromatic N) is 12. The monoisotopic (exact) mass is 1550 g/mol. The number of sulfonamides is 3. The predicted octanol–water partition coefficient (Wildman–Crippen LogP) is 14.9. The zero-order chi connectivity index (χ0) is 77.6. The van der Waals surface area contributed by atoms with Crippen molar-refractivity contribution in [3.63, 3.8) is 0 Å². The van der Waals surface area contributed by atoms with E-state index < -0.39 is 30.1 Å². The third kappa shape index (κ3) is 17.5. The van der Waals surface area contributed by atoms with Crippen LogP contribution in [0, 0.1) is 40.9 Å². The molecular formula is C82H82ClN15O9S3. The van der Waals surface area contributed by atoms with Gasteiger partial charge in [0.1, 0.15) is 36.5 Å². The van der Waals surface area contributed by atoms with Gasteiger partial charge in [-0.05, 0) is 136 Å². The third-order valence-corrected chi connectivity index (χ3v) is 24.3. The summed E-state index contributed by atoms with van der Waals surface area (Å²) < 4.78 is 95.0. The van der Waals surface area contributed by atoms with E-state index in [1.54, 1.807) is 24.7 Å². The van der Waals surface area contributed by atoms with Crippen LogP contribution >= 0.6 is 11.6 Å². The zero-order valence-electron chi connectivity index (χ0n) is 61.8. The van der Waals surface area contributed by atoms with Crippen molar-refractivity contribution in [1.29, 1.82) is 15.8 Å². The summed E-state index contributed by atoms with van der Waals surface area (Å²) in [4.78, 5) is 27.9. The van der Waals surface area contributed by atoms with Gasteiger partial charge in [0.05, 0.1) is 115 Å². The van der Waals surface area contributed by atoms with E-state index >= 15 is 0 Å². The Balaban J connectivity index is 0.000000145. The standard InChI is InChI=1S/C28H29N5O3S.C27H26ClN5O3S.C27H27N5O3S/c1-18-7-6-8-20-15-25(19(2)31-27-21(16-29)17-30-24-10-5-4-9-23(24)27)32-28(26(18)20)36-22-11-13-33(14-12-22)37(3,34)35;1-17(31-26-19(15-29)16-30-23-9-4-3-7-21(23)26)24-14-18-6-5-8-22(28)25(18)27(32-24)36-20-10-12-33(13-11-20)37(2,34)35;1-18(30-26-20(16-28)17-29-24-10-6-5-9-23(24)26)25-15-19-7-3-4-8-22(19)27(31-25)35-21-11-13-32(14-12-21)36(2,33)34/h4-10,15,17,19,22H,11-14H2,1-3H3,(H,30,31);3-9,14,16-17,20H,10-13H2,1-2H3,(H,30,31);3-10,15,17-18,21H,11-14H2,1-2H3,(H,29,30)/t19-;17-;18-/m000/s1. The molecule has 0 saturated carbocycles. The summed E-state index contributed by atoms with van der Waals surface area (Å²) in [5, 5.41) is 48.2. The van der Waals surface area contributed by atoms with Crippen molar-refractivity contribution in [2.24, 2.45) is 0 Å². The minimum atomic E-state index is -3.23. The molecule has 110 heavy (non-hydrogen) atoms. The van der Waals surface area contributed by atoms with Crippen molar-refractivity contribution in [2.75, 3.05) is 74.0 Å². The lowest BCUT2D eigenvalue weighted by atomic mass is 10.0. The second-order valence-electron chi connectivity index (χ2n) is 27.9. The first kappa shape index (κ1) is 77.2. The number of hydrogen-bond donors (Lipinski definition) is 3. The Morgan fingerprint density at radius 2 is 0.727 bits per heavy atom. The molecule has 24 nitrogen and oxygen atoms in total. The van der Waals surface area contributed by atoms with Crippen molar-refractivity contribution in [2.45, 2.75) is 103 Å². The van der Waals surface area contributed by atoms with Crippen LogP contribution in [0.3, 0.4) is 0 Å². The number of anilines is 3. The van der Waals surface area contributed by atoms with Crippen LogP contribution in [0.1, 0.15) is 117 Å². The molecule has 0 bridgehead atoms. The van der Waals surface area contributed by atoms with Crippen molar-refractivity contribution in [1.82, 2.24) is 42.8 Å². The molecular weight excluding hydrogens is 1470 g/mol. The van der Waals surface area contributed by atoms with E-state index in [0.29, 0.717) is 123 Å². The van der Waals surface area contributed by atoms with E-state index in [9.17, 15) is 41.0 Å². The number of hydrogen-bond acceptors (Lipinski definition) is 21. The van der Waals surface area contributed by atoms with Gasteiger partial charge in [0.25, 0.3) is 0 Å². The van der Waals surface area contributed by atoms with Gasteiger partial charge in [-0.1, -0.05) is 115 Å². The number of halogens is 1. The van der Waals surface area contributed by atoms with Crippen LogP contribution in [0.4, 0.5) is 17.1 Å². The number of benzene rings is 6. The second-order valence-corrected chi connectivity index (χ2v) is 34.2. The minimum absolute atomic E-state index is 0.119. The lowest BCUT2D eigenvalue weighted by molar-refractivity contribution is 0.131. The molecule has 3 saturated heterocycles. The molecule has 3 atom stereocenters. The smallest absolute Gasteiger partial charge is 0.223 e. The Hall–Kier alpha value is -10.9. The highest BCUT2D eigenvalue weighted by molar-refractivity contribution is 7.88. The molecule has 3 aliphatic rings. The lowest BCUT2D eigenvalue weighted by Crippen LogP contribution is -2.41. The lowest BCUT2D eigenvalue weighted by Gasteiger charge is -2.30. The maximum atomic E-state index is 11.9. The van der Waals surface area contributed by atoms with E-state index in [2.05, 4.69) is 55.2 Å². The Labute approximate surface area is 644 Å². The first-order valence-corrected chi connectivity index (χ1v) is 42.1. The third-order valence-electron chi connectivity index (χ3n) is 20.1. The number of piperidine rings is 3. The van der Waals surface area contributed by atoms with Crippen LogP contribution in [0.5, 0.6) is 17.6 Å². The largest absolute Gasteiger partial charge is 0.474 e. The summed E-state index contributed by atoms with van der Waals surface area (Å²) in [7, 11) is -9.63. The molecule has 3 fully saturated rings. The fraction of sp³-hybridized carbons (Fsp3) is 0.305. The highest BCUT2D eigenvalue weighted by Gasteiger charge is 2.32. The van der Waals surface area contributed by atoms with Crippen molar-refractivity contribution < 1.29 is 39.5 Å². The zero-order valence-corrected chi connectivity index (χ0v) is 65.0. The van der Waals surface area contributed by atoms with Crippen LogP contribution in [0.25, 0.3) is 65.0 Å². The van der Waals surface area contributed by atoms with Gasteiger partial charge in [-0.25, -0.2) is 53.1 Å². The quantitative estimate of drug-likeness (QED) is 0.0718. The van der Waals surface area contributed by atoms with E-state index in [1.807, 2.05) is 167 Å². The van der Waals surface area contributed by atoms with Crippen LogP contribution < -0.4 is 30.2 Å². The molecule has 0 unspecified atom stereocenters.